The van der Waals surface area contributed by atoms with Gasteiger partial charge in [0, 0.05) is 23.0 Å². The van der Waals surface area contributed by atoms with Crippen LogP contribution >= 0.6 is 0 Å². The van der Waals surface area contributed by atoms with Crippen molar-refractivity contribution in [2.75, 3.05) is 13.6 Å². The summed E-state index contributed by atoms with van der Waals surface area (Å²) >= 11 is 0. The van der Waals surface area contributed by atoms with Gasteiger partial charge in [-0.25, -0.2) is 9.59 Å². The molecule has 0 aromatic heterocycles. The smallest absolute Gasteiger partial charge is 0.339 e. The summed E-state index contributed by atoms with van der Waals surface area (Å²) < 4.78 is 57.8. The molecule has 14 heteroatoms. The summed E-state index contributed by atoms with van der Waals surface area (Å²) in [6.07, 6.45) is 11.5. The topological polar surface area (TPSA) is 164 Å². The van der Waals surface area contributed by atoms with Gasteiger partial charge in [0.2, 0.25) is 13.6 Å². The number of esters is 2. The van der Waals surface area contributed by atoms with Gasteiger partial charge in [-0.05, 0) is 97.6 Å². The van der Waals surface area contributed by atoms with E-state index in [1.165, 1.54) is 6.08 Å². The van der Waals surface area contributed by atoms with Crippen molar-refractivity contribution < 1.29 is 66.9 Å². The molecule has 0 bridgehead atoms. The molecule has 64 heavy (non-hydrogen) atoms. The molecule has 2 aromatic rings. The maximum Gasteiger partial charge on any atom is 0.339 e. The summed E-state index contributed by atoms with van der Waals surface area (Å²) in [5.74, 6) is -0.710. The number of rotatable bonds is 0. The number of cyclic esters (lactones) is 2. The zero-order chi connectivity index (χ0) is 44.7. The van der Waals surface area contributed by atoms with E-state index in [1.54, 1.807) is 38.1 Å². The van der Waals surface area contributed by atoms with Gasteiger partial charge in [0.15, 0.2) is 40.4 Å². The largest absolute Gasteiger partial charge is 0.458 e. The standard InChI is InChI=1S/C24H30O7.C24H28O7.2CH4/c2*1-13-9-10-17(25)22-18(30-24(4,5)31-22)8-6-7-16-20(23(26)29-15(13)3)14(2)11-19-21(16)28-12-27-19;;/h6-7,9-11,13,15,17-18,22,25H,8,12H2,1-5H3;6-7,9-11,13,15,18,22H,8,12H2,1-5H3;2*1H4/b2*7-6?,10-9-;;/t13-,15+,17?,18+,22-;13-,15+,18+,22-;;/m11../s1. The molecule has 0 spiro atoms. The van der Waals surface area contributed by atoms with Gasteiger partial charge in [-0.15, -0.1) is 0 Å². The molecule has 350 valence electrons. The van der Waals surface area contributed by atoms with Crippen LogP contribution in [0.1, 0.15) is 126 Å². The molecule has 1 unspecified atom stereocenters. The molecule has 8 rings (SSSR count). The Morgan fingerprint density at radius 1 is 0.594 bits per heavy atom. The Hall–Kier alpha value is -4.99. The Balaban J connectivity index is 0.000000234. The number of ketones is 1. The third kappa shape index (κ3) is 10.7. The predicted molar refractivity (Wildman–Crippen MR) is 240 cm³/mol. The van der Waals surface area contributed by atoms with Crippen molar-refractivity contribution in [1.29, 1.82) is 0 Å². The van der Waals surface area contributed by atoms with E-state index in [2.05, 4.69) is 0 Å². The van der Waals surface area contributed by atoms with E-state index in [-0.39, 0.29) is 52.2 Å². The van der Waals surface area contributed by atoms with Crippen LogP contribution in [0.15, 0.2) is 48.6 Å². The highest BCUT2D eigenvalue weighted by molar-refractivity contribution is 5.98. The molecule has 0 aliphatic carbocycles. The Bertz CT molecular complexity index is 2180. The fourth-order valence-electron chi connectivity index (χ4n) is 8.21. The quantitative estimate of drug-likeness (QED) is 0.197. The van der Waals surface area contributed by atoms with Gasteiger partial charge in [0.1, 0.15) is 30.5 Å². The van der Waals surface area contributed by atoms with E-state index in [1.807, 2.05) is 85.8 Å². The predicted octanol–water partition coefficient (Wildman–Crippen LogP) is 9.00. The third-order valence-electron chi connectivity index (χ3n) is 11.8. The van der Waals surface area contributed by atoms with Crippen LogP contribution in [0, 0.1) is 25.7 Å². The summed E-state index contributed by atoms with van der Waals surface area (Å²) in [4.78, 5) is 39.0. The highest BCUT2D eigenvalue weighted by atomic mass is 16.8. The zero-order valence-electron chi connectivity index (χ0n) is 37.1. The van der Waals surface area contributed by atoms with Crippen LogP contribution in [0.25, 0.3) is 12.2 Å². The van der Waals surface area contributed by atoms with Crippen molar-refractivity contribution in [2.24, 2.45) is 11.8 Å². The lowest BCUT2D eigenvalue weighted by molar-refractivity contribution is -0.152. The highest BCUT2D eigenvalue weighted by Crippen LogP contribution is 2.43. The Kier molecular flexibility index (Phi) is 15.7. The van der Waals surface area contributed by atoms with Crippen molar-refractivity contribution in [3.8, 4) is 23.0 Å². The van der Waals surface area contributed by atoms with E-state index < -0.39 is 60.1 Å². The fraction of sp³-hybridized carbons (Fsp3) is 0.540. The second-order valence-electron chi connectivity index (χ2n) is 17.5. The van der Waals surface area contributed by atoms with Crippen LogP contribution in [0.5, 0.6) is 23.0 Å². The molecule has 6 aliphatic rings. The van der Waals surface area contributed by atoms with Crippen molar-refractivity contribution in [3.05, 3.63) is 82.0 Å². The van der Waals surface area contributed by atoms with Crippen molar-refractivity contribution in [1.82, 2.24) is 0 Å². The van der Waals surface area contributed by atoms with Crippen LogP contribution < -0.4 is 18.9 Å². The second kappa shape index (κ2) is 20.0. The molecule has 2 saturated heterocycles. The van der Waals surface area contributed by atoms with Gasteiger partial charge in [-0.3, -0.25) is 4.79 Å². The van der Waals surface area contributed by atoms with Gasteiger partial charge in [0.05, 0.1) is 23.3 Å². The van der Waals surface area contributed by atoms with E-state index >= 15 is 0 Å². The monoisotopic (exact) mass is 890 g/mol. The molecule has 6 aliphatic heterocycles. The second-order valence-corrected chi connectivity index (χ2v) is 17.5. The number of aliphatic hydroxyl groups is 1. The van der Waals surface area contributed by atoms with E-state index in [9.17, 15) is 19.5 Å². The van der Waals surface area contributed by atoms with Crippen LogP contribution in [0.4, 0.5) is 0 Å². The number of aryl methyl sites for hydroxylation is 2. The minimum atomic E-state index is -0.856. The molecule has 0 radical (unpaired) electrons. The van der Waals surface area contributed by atoms with Crippen LogP contribution in [0.2, 0.25) is 0 Å². The maximum atomic E-state index is 13.1. The average molecular weight is 891 g/mol. The Morgan fingerprint density at radius 3 is 1.59 bits per heavy atom. The third-order valence-corrected chi connectivity index (χ3v) is 11.8. The van der Waals surface area contributed by atoms with Crippen molar-refractivity contribution >= 4 is 29.9 Å². The lowest BCUT2D eigenvalue weighted by atomic mass is 9.97. The first-order chi connectivity index (χ1) is 29.3. The van der Waals surface area contributed by atoms with Crippen LogP contribution in [-0.4, -0.2) is 90.7 Å². The Morgan fingerprint density at radius 2 is 1.06 bits per heavy atom. The first-order valence-corrected chi connectivity index (χ1v) is 21.2. The average Bonchev–Trinajstić information content (AvgIpc) is 4.00. The van der Waals surface area contributed by atoms with Gasteiger partial charge >= 0.3 is 11.9 Å². The lowest BCUT2D eigenvalue weighted by Gasteiger charge is -2.22. The van der Waals surface area contributed by atoms with Crippen molar-refractivity contribution in [3.63, 3.8) is 0 Å². The number of ether oxygens (including phenoxy) is 10. The van der Waals surface area contributed by atoms with Gasteiger partial charge in [-0.2, -0.15) is 0 Å². The van der Waals surface area contributed by atoms with E-state index in [4.69, 9.17) is 47.4 Å². The number of carbonyl (C=O) groups excluding carboxylic acids is 3. The number of aliphatic hydroxyl groups excluding tert-OH is 1. The summed E-state index contributed by atoms with van der Waals surface area (Å²) in [5.41, 5.74) is 3.63. The molecule has 1 N–H and O–H groups in total. The van der Waals surface area contributed by atoms with Gasteiger partial charge in [0.25, 0.3) is 0 Å². The number of benzene rings is 2. The normalized spacial score (nSPS) is 31.0. The first-order valence-electron chi connectivity index (χ1n) is 21.2. The molecule has 14 nitrogen and oxygen atoms in total. The molecular weight excluding hydrogens is 825 g/mol. The molecular formula is C50H66O14. The van der Waals surface area contributed by atoms with Crippen molar-refractivity contribution in [2.45, 2.75) is 151 Å². The molecule has 2 fully saturated rings. The minimum Gasteiger partial charge on any atom is -0.458 e. The lowest BCUT2D eigenvalue weighted by Crippen LogP contribution is -2.34. The highest BCUT2D eigenvalue weighted by Gasteiger charge is 2.45. The number of fused-ring (bicyclic) bond motifs is 8. The first kappa shape index (κ1) is 50.0. The maximum absolute atomic E-state index is 13.1. The van der Waals surface area contributed by atoms with Crippen LogP contribution in [0.3, 0.4) is 0 Å². The summed E-state index contributed by atoms with van der Waals surface area (Å²) in [6.45, 7) is 18.6. The molecule has 2 aromatic carbocycles. The molecule has 0 saturated carbocycles. The van der Waals surface area contributed by atoms with Gasteiger partial charge in [-0.1, -0.05) is 71.2 Å². The van der Waals surface area contributed by atoms with E-state index in [0.29, 0.717) is 58.1 Å². The number of hydrogen-bond donors (Lipinski definition) is 1. The molecule has 9 atom stereocenters. The SMILES string of the molecule is C.C.Cc1cc2c(c3c1C(=O)O[C@@H](C)[C@H](C)/C=C\C(=O)[C@H]1OC(C)(C)O[C@H]1CC=C3)OCO2.Cc1cc2c(c3c1C(=O)O[C@@H](C)[C@H](C)/C=C\C(O)[C@H]1OC(C)(C)O[C@H]1CC=C3)OCO2. The summed E-state index contributed by atoms with van der Waals surface area (Å²) in [7, 11) is 0. The summed E-state index contributed by atoms with van der Waals surface area (Å²) in [6, 6.07) is 3.59. The summed E-state index contributed by atoms with van der Waals surface area (Å²) in [5, 5.41) is 10.7. The number of hydrogen-bond acceptors (Lipinski definition) is 14. The fourth-order valence-corrected chi connectivity index (χ4v) is 8.21. The van der Waals surface area contributed by atoms with Gasteiger partial charge < -0.3 is 52.5 Å². The van der Waals surface area contributed by atoms with Crippen LogP contribution in [-0.2, 0) is 33.2 Å². The van der Waals surface area contributed by atoms with E-state index in [0.717, 1.165) is 11.1 Å². The number of carbonyl (C=O) groups is 3. The Labute approximate surface area is 377 Å². The zero-order valence-corrected chi connectivity index (χ0v) is 37.1. The minimum absolute atomic E-state index is 0. The molecule has 0 amide bonds. The molecule has 6 heterocycles.